The van der Waals surface area contributed by atoms with Gasteiger partial charge in [-0.15, -0.1) is 11.3 Å². The zero-order valence-corrected chi connectivity index (χ0v) is 20.3. The van der Waals surface area contributed by atoms with E-state index in [0.717, 1.165) is 12.1 Å². The molecule has 1 aromatic carbocycles. The number of aromatic nitrogens is 1. The zero-order valence-electron chi connectivity index (χ0n) is 19.4. The second-order valence-electron chi connectivity index (χ2n) is 7.95. The average Bonchev–Trinajstić information content (AvgIpc) is 3.38. The molecule has 3 atom stereocenters. The number of amidine groups is 1. The van der Waals surface area contributed by atoms with E-state index in [2.05, 4.69) is 15.3 Å². The first-order chi connectivity index (χ1) is 17.3. The van der Waals surface area contributed by atoms with E-state index in [-0.39, 0.29) is 24.3 Å². The van der Waals surface area contributed by atoms with Crippen molar-refractivity contribution >= 4 is 29.3 Å². The summed E-state index contributed by atoms with van der Waals surface area (Å²) in [6.07, 6.45) is -1.40. The van der Waals surface area contributed by atoms with Crippen molar-refractivity contribution in [2.75, 3.05) is 26.3 Å². The molecule has 2 aliphatic rings. The minimum atomic E-state index is -1.47. The number of aliphatic imine (C=N–C) groups is 1. The Hall–Kier alpha value is -3.42. The summed E-state index contributed by atoms with van der Waals surface area (Å²) in [5, 5.41) is 14.6. The number of hydrogen-bond donors (Lipinski definition) is 2. The predicted molar refractivity (Wildman–Crippen MR) is 124 cm³/mol. The number of morpholine rings is 1. The molecule has 0 unspecified atom stereocenters. The molecule has 1 saturated heterocycles. The summed E-state index contributed by atoms with van der Waals surface area (Å²) in [7, 11) is 0. The topological polar surface area (TPSA) is 123 Å². The number of carbonyl (C=O) groups excluding carboxylic acids is 1. The Morgan fingerprint density at radius 1 is 1.33 bits per heavy atom. The van der Waals surface area contributed by atoms with E-state index in [1.54, 1.807) is 30.3 Å². The molecule has 2 aliphatic heterocycles. The smallest absolute Gasteiger partial charge is 0.463 e. The monoisotopic (exact) mass is 522 g/mol. The van der Waals surface area contributed by atoms with Gasteiger partial charge in [0.15, 0.2) is 28.7 Å². The van der Waals surface area contributed by atoms with Crippen LogP contribution < -0.4 is 5.32 Å². The number of carbonyl (C=O) groups is 2. The summed E-state index contributed by atoms with van der Waals surface area (Å²) < 4.78 is 43.8. The highest BCUT2D eigenvalue weighted by molar-refractivity contribution is 7.11. The van der Waals surface area contributed by atoms with Gasteiger partial charge in [0.1, 0.15) is 12.1 Å². The van der Waals surface area contributed by atoms with Crippen LogP contribution in [0.4, 0.5) is 13.6 Å². The van der Waals surface area contributed by atoms with Gasteiger partial charge in [-0.05, 0) is 31.5 Å². The minimum absolute atomic E-state index is 0.0321. The molecule has 0 saturated carbocycles. The van der Waals surface area contributed by atoms with Crippen LogP contribution in [-0.2, 0) is 19.0 Å². The van der Waals surface area contributed by atoms with Crippen LogP contribution in [-0.4, -0.2) is 71.6 Å². The second-order valence-corrected chi connectivity index (χ2v) is 8.84. The highest BCUT2D eigenvalue weighted by Gasteiger charge is 2.38. The van der Waals surface area contributed by atoms with Crippen molar-refractivity contribution in [1.29, 1.82) is 0 Å². The third kappa shape index (κ3) is 5.53. The fourth-order valence-corrected chi connectivity index (χ4v) is 4.64. The quantitative estimate of drug-likeness (QED) is 0.528. The summed E-state index contributed by atoms with van der Waals surface area (Å²) in [5.74, 6) is -2.50. The molecule has 13 heteroatoms. The van der Waals surface area contributed by atoms with Gasteiger partial charge in [-0.1, -0.05) is 6.07 Å². The lowest BCUT2D eigenvalue weighted by Gasteiger charge is -2.39. The van der Waals surface area contributed by atoms with Crippen LogP contribution in [0.5, 0.6) is 0 Å². The van der Waals surface area contributed by atoms with Crippen molar-refractivity contribution in [2.24, 2.45) is 4.99 Å². The fraction of sp³-hybridized carbons (Fsp3) is 0.391. The molecule has 2 N–H and O–H groups in total. The lowest BCUT2D eigenvalue weighted by Crippen LogP contribution is -2.54. The number of rotatable bonds is 7. The second kappa shape index (κ2) is 11.1. The molecule has 36 heavy (non-hydrogen) atoms. The van der Waals surface area contributed by atoms with Gasteiger partial charge in [-0.25, -0.2) is 23.4 Å². The number of halogens is 2. The molecule has 0 spiro atoms. The lowest BCUT2D eigenvalue weighted by atomic mass is 9.95. The van der Waals surface area contributed by atoms with E-state index < -0.39 is 42.1 Å². The van der Waals surface area contributed by atoms with Crippen molar-refractivity contribution in [1.82, 2.24) is 15.2 Å². The van der Waals surface area contributed by atoms with E-state index in [1.807, 2.05) is 0 Å². The molecule has 192 valence electrons. The number of thiazole rings is 1. The highest BCUT2D eigenvalue weighted by Crippen LogP contribution is 2.34. The molecule has 0 bridgehead atoms. The van der Waals surface area contributed by atoms with Crippen LogP contribution >= 0.6 is 11.3 Å². The van der Waals surface area contributed by atoms with E-state index >= 15 is 0 Å². The molecule has 0 aliphatic carbocycles. The standard InChI is InChI=1S/C23H24F2N4O6S/c1-3-33-22(30)17-16(11-29-7-8-34-12(2)21(29)35-23(31)32)27-19(20-26-6-9-36-20)28-18(17)13-4-5-14(24)15(25)10-13/h4-6,9-10,12,18,21H,3,7-8,11H2,1-2H3,(H,27,28)(H,31,32)/t12-,18+,21+/m1/s1. The maximum absolute atomic E-state index is 14.2. The van der Waals surface area contributed by atoms with Crippen molar-refractivity contribution in [3.63, 3.8) is 0 Å². The number of ether oxygens (including phenoxy) is 3. The average molecular weight is 523 g/mol. The number of carboxylic acid groups (broad SMARTS) is 1. The largest absolute Gasteiger partial charge is 0.507 e. The summed E-state index contributed by atoms with van der Waals surface area (Å²) in [5.41, 5.74) is 0.659. The van der Waals surface area contributed by atoms with Crippen molar-refractivity contribution in [3.8, 4) is 0 Å². The molecule has 10 nitrogen and oxygen atoms in total. The van der Waals surface area contributed by atoms with Crippen LogP contribution in [0.1, 0.15) is 30.5 Å². The summed E-state index contributed by atoms with van der Waals surface area (Å²) in [6, 6.07) is 2.26. The molecule has 1 fully saturated rings. The van der Waals surface area contributed by atoms with Gasteiger partial charge >= 0.3 is 12.1 Å². The Bertz CT molecular complexity index is 1190. The zero-order chi connectivity index (χ0) is 25.8. The van der Waals surface area contributed by atoms with Crippen LogP contribution in [0.25, 0.3) is 0 Å². The Labute approximate surface area is 209 Å². The molecule has 1 aromatic heterocycles. The van der Waals surface area contributed by atoms with E-state index in [4.69, 9.17) is 14.2 Å². The SMILES string of the molecule is CCOC(=O)C1=C(CN2CCO[C@H](C)[C@@H]2OC(=O)O)NC(c2nccs2)=N[C@H]1c1ccc(F)c(F)c1. The highest BCUT2D eigenvalue weighted by atomic mass is 32.1. The summed E-state index contributed by atoms with van der Waals surface area (Å²) >= 11 is 1.30. The van der Waals surface area contributed by atoms with Crippen molar-refractivity contribution in [2.45, 2.75) is 32.2 Å². The molecule has 0 amide bonds. The summed E-state index contributed by atoms with van der Waals surface area (Å²) in [6.45, 7) is 4.05. The number of esters is 1. The van der Waals surface area contributed by atoms with Gasteiger partial charge in [0, 0.05) is 30.4 Å². The van der Waals surface area contributed by atoms with Crippen LogP contribution in [0.15, 0.2) is 46.0 Å². The molecular formula is C23H24F2N4O6S. The Morgan fingerprint density at radius 3 is 2.81 bits per heavy atom. The molecule has 3 heterocycles. The van der Waals surface area contributed by atoms with Gasteiger partial charge in [0.05, 0.1) is 18.8 Å². The molecule has 0 radical (unpaired) electrons. The predicted octanol–water partition coefficient (Wildman–Crippen LogP) is 3.07. The van der Waals surface area contributed by atoms with Crippen LogP contribution in [0, 0.1) is 11.6 Å². The Morgan fingerprint density at radius 2 is 2.14 bits per heavy atom. The number of nitrogens with zero attached hydrogens (tertiary/aromatic N) is 3. The van der Waals surface area contributed by atoms with E-state index in [9.17, 15) is 23.5 Å². The number of hydrogen-bond acceptors (Lipinski definition) is 10. The normalized spacial score (nSPS) is 22.6. The van der Waals surface area contributed by atoms with Crippen molar-refractivity contribution < 1.29 is 37.7 Å². The van der Waals surface area contributed by atoms with Crippen LogP contribution in [0.2, 0.25) is 0 Å². The molecule has 2 aromatic rings. The first-order valence-corrected chi connectivity index (χ1v) is 12.0. The third-order valence-corrected chi connectivity index (χ3v) is 6.40. The Balaban J connectivity index is 1.81. The maximum Gasteiger partial charge on any atom is 0.507 e. The van der Waals surface area contributed by atoms with E-state index in [1.165, 1.54) is 17.4 Å². The first kappa shape index (κ1) is 25.7. The number of benzene rings is 1. The molecular weight excluding hydrogens is 498 g/mol. The lowest BCUT2D eigenvalue weighted by molar-refractivity contribution is -0.155. The van der Waals surface area contributed by atoms with E-state index in [0.29, 0.717) is 29.7 Å². The summed E-state index contributed by atoms with van der Waals surface area (Å²) in [4.78, 5) is 35.1. The van der Waals surface area contributed by atoms with Gasteiger partial charge in [0.2, 0.25) is 0 Å². The first-order valence-electron chi connectivity index (χ1n) is 11.1. The van der Waals surface area contributed by atoms with Gasteiger partial charge in [-0.3, -0.25) is 9.89 Å². The van der Waals surface area contributed by atoms with Crippen LogP contribution in [0.3, 0.4) is 0 Å². The van der Waals surface area contributed by atoms with Gasteiger partial charge < -0.3 is 24.6 Å². The fourth-order valence-electron chi connectivity index (χ4n) is 4.05. The maximum atomic E-state index is 14.2. The van der Waals surface area contributed by atoms with Gasteiger partial charge in [-0.2, -0.15) is 0 Å². The third-order valence-electron chi connectivity index (χ3n) is 5.62. The number of nitrogens with one attached hydrogen (secondary N) is 1. The minimum Gasteiger partial charge on any atom is -0.463 e. The van der Waals surface area contributed by atoms with Crippen molar-refractivity contribution in [3.05, 3.63) is 63.3 Å². The van der Waals surface area contributed by atoms with Gasteiger partial charge in [0.25, 0.3) is 0 Å². The Kier molecular flexibility index (Phi) is 7.91. The molecule has 4 rings (SSSR count).